The van der Waals surface area contributed by atoms with Crippen LogP contribution in [0.15, 0.2) is 0 Å². The number of aryl methyl sites for hydroxylation is 1. The fraction of sp³-hybridized carbons (Fsp3) is 0.824. The highest BCUT2D eigenvalue weighted by Crippen LogP contribution is 2.38. The molecular weight excluding hydrogens is 306 g/mol. The molecule has 4 rings (SSSR count). The third-order valence-electron chi connectivity index (χ3n) is 5.77. The predicted octanol–water partition coefficient (Wildman–Crippen LogP) is 1.74. The quantitative estimate of drug-likeness (QED) is 0.914. The number of nitrogens with one attached hydrogen (secondary N) is 1. The topological polar surface area (TPSA) is 72.3 Å². The van der Waals surface area contributed by atoms with E-state index in [1.165, 1.54) is 0 Å². The molecule has 0 aliphatic carbocycles. The second kappa shape index (κ2) is 6.02. The van der Waals surface area contributed by atoms with Crippen LogP contribution in [0.3, 0.4) is 0 Å². The maximum Gasteiger partial charge on any atom is 0.318 e. The molecule has 2 fully saturated rings. The first-order chi connectivity index (χ1) is 11.6. The number of carbonyl (C=O) groups excluding carboxylic acids is 1. The Morgan fingerprint density at radius 3 is 2.92 bits per heavy atom. The van der Waals surface area contributed by atoms with Crippen molar-refractivity contribution in [3.8, 4) is 0 Å². The van der Waals surface area contributed by atoms with E-state index in [4.69, 9.17) is 4.74 Å². The van der Waals surface area contributed by atoms with Crippen molar-refractivity contribution in [3.05, 3.63) is 11.6 Å². The number of fused-ring (bicyclic) bond motifs is 1. The summed E-state index contributed by atoms with van der Waals surface area (Å²) in [6, 6.07) is -0.0685. The number of nitrogens with zero attached hydrogens (tertiary/aromatic N) is 4. The Bertz CT molecular complexity index is 620. The highest BCUT2D eigenvalue weighted by atomic mass is 16.5. The molecule has 3 aliphatic heterocycles. The van der Waals surface area contributed by atoms with Crippen LogP contribution in [-0.2, 0) is 17.7 Å². The van der Waals surface area contributed by atoms with Crippen LogP contribution in [0.2, 0.25) is 0 Å². The molecule has 0 saturated carbocycles. The molecule has 1 N–H and O–H groups in total. The van der Waals surface area contributed by atoms with Gasteiger partial charge in [-0.2, -0.15) is 0 Å². The van der Waals surface area contributed by atoms with E-state index < -0.39 is 0 Å². The van der Waals surface area contributed by atoms with Crippen LogP contribution in [0.1, 0.15) is 50.8 Å². The number of amides is 2. The van der Waals surface area contributed by atoms with Crippen LogP contribution < -0.4 is 5.32 Å². The summed E-state index contributed by atoms with van der Waals surface area (Å²) >= 11 is 0. The first-order valence-corrected chi connectivity index (χ1v) is 9.13. The lowest BCUT2D eigenvalue weighted by Gasteiger charge is -2.27. The van der Waals surface area contributed by atoms with E-state index in [9.17, 15) is 4.79 Å². The molecule has 132 valence electrons. The number of likely N-dealkylation sites (tertiary alicyclic amines) is 1. The number of rotatable bonds is 3. The van der Waals surface area contributed by atoms with Gasteiger partial charge in [0.1, 0.15) is 5.82 Å². The fourth-order valence-electron chi connectivity index (χ4n) is 4.24. The summed E-state index contributed by atoms with van der Waals surface area (Å²) in [5, 5.41) is 11.9. The highest BCUT2D eigenvalue weighted by Gasteiger charge is 2.43. The molecule has 0 aromatic carbocycles. The molecule has 1 aromatic rings. The van der Waals surface area contributed by atoms with Crippen molar-refractivity contribution in [1.29, 1.82) is 0 Å². The largest absolute Gasteiger partial charge is 0.381 e. The number of hydrogen-bond acceptors (Lipinski definition) is 4. The third kappa shape index (κ3) is 2.68. The molecule has 2 saturated heterocycles. The van der Waals surface area contributed by atoms with Crippen molar-refractivity contribution < 1.29 is 9.53 Å². The van der Waals surface area contributed by atoms with E-state index in [2.05, 4.69) is 33.9 Å². The van der Waals surface area contributed by atoms with Gasteiger partial charge in [-0.1, -0.05) is 13.8 Å². The molecule has 0 bridgehead atoms. The summed E-state index contributed by atoms with van der Waals surface area (Å²) in [6.07, 6.45) is 4.22. The van der Waals surface area contributed by atoms with E-state index in [1.54, 1.807) is 0 Å². The Labute approximate surface area is 142 Å². The van der Waals surface area contributed by atoms with Gasteiger partial charge < -0.3 is 19.5 Å². The zero-order valence-corrected chi connectivity index (χ0v) is 14.6. The molecule has 0 radical (unpaired) electrons. The lowest BCUT2D eigenvalue weighted by atomic mass is 9.87. The first kappa shape index (κ1) is 15.9. The second-order valence-corrected chi connectivity index (χ2v) is 7.87. The Kier molecular flexibility index (Phi) is 3.98. The highest BCUT2D eigenvalue weighted by molar-refractivity contribution is 5.75. The second-order valence-electron chi connectivity index (χ2n) is 7.87. The summed E-state index contributed by atoms with van der Waals surface area (Å²) in [7, 11) is 0. The van der Waals surface area contributed by atoms with Crippen molar-refractivity contribution in [1.82, 2.24) is 25.0 Å². The van der Waals surface area contributed by atoms with Gasteiger partial charge in [-0.15, -0.1) is 10.2 Å². The van der Waals surface area contributed by atoms with Gasteiger partial charge in [0.2, 0.25) is 0 Å². The molecule has 2 amide bonds. The lowest BCUT2D eigenvalue weighted by Crippen LogP contribution is -2.43. The van der Waals surface area contributed by atoms with Gasteiger partial charge in [-0.3, -0.25) is 0 Å². The summed E-state index contributed by atoms with van der Waals surface area (Å²) < 4.78 is 7.74. The number of ether oxygens (including phenoxy) is 1. The third-order valence-corrected chi connectivity index (χ3v) is 5.77. The van der Waals surface area contributed by atoms with E-state index >= 15 is 0 Å². The van der Waals surface area contributed by atoms with E-state index in [0.717, 1.165) is 70.2 Å². The van der Waals surface area contributed by atoms with Gasteiger partial charge in [0.15, 0.2) is 5.82 Å². The van der Waals surface area contributed by atoms with Gasteiger partial charge in [-0.05, 0) is 25.2 Å². The maximum atomic E-state index is 12.8. The van der Waals surface area contributed by atoms with E-state index in [1.807, 2.05) is 4.90 Å². The van der Waals surface area contributed by atoms with Crippen LogP contribution in [0.5, 0.6) is 0 Å². The normalized spacial score (nSPS) is 27.2. The number of hydrogen-bond donors (Lipinski definition) is 1. The van der Waals surface area contributed by atoms with Crippen LogP contribution in [-0.4, -0.2) is 52.0 Å². The van der Waals surface area contributed by atoms with Crippen molar-refractivity contribution in [3.63, 3.8) is 0 Å². The van der Waals surface area contributed by atoms with Crippen molar-refractivity contribution in [2.45, 2.75) is 52.1 Å². The Morgan fingerprint density at radius 1 is 1.29 bits per heavy atom. The minimum atomic E-state index is -0.0896. The predicted molar refractivity (Wildman–Crippen MR) is 88.5 cm³/mol. The van der Waals surface area contributed by atoms with Gasteiger partial charge in [0.25, 0.3) is 0 Å². The summed E-state index contributed by atoms with van der Waals surface area (Å²) in [4.78, 5) is 14.8. The molecule has 7 heteroatoms. The van der Waals surface area contributed by atoms with Crippen LogP contribution >= 0.6 is 0 Å². The maximum absolute atomic E-state index is 12.8. The van der Waals surface area contributed by atoms with Crippen molar-refractivity contribution in [2.24, 2.45) is 11.3 Å². The van der Waals surface area contributed by atoms with Gasteiger partial charge >= 0.3 is 6.03 Å². The van der Waals surface area contributed by atoms with Crippen molar-refractivity contribution >= 4 is 6.03 Å². The number of carbonyl (C=O) groups is 1. The zero-order chi connectivity index (χ0) is 16.7. The Balaban J connectivity index is 1.46. The SMILES string of the molecule is CC(C)[C@H](NC(=O)N1CC[C@]2(CCOC2)C1)c1nnc2n1CCC2. The Hall–Kier alpha value is -1.63. The van der Waals surface area contributed by atoms with Gasteiger partial charge in [0.05, 0.1) is 12.6 Å². The van der Waals surface area contributed by atoms with E-state index in [-0.39, 0.29) is 23.4 Å². The summed E-state index contributed by atoms with van der Waals surface area (Å²) in [5.74, 6) is 2.23. The monoisotopic (exact) mass is 333 g/mol. The molecule has 2 atom stereocenters. The molecule has 1 spiro atoms. The standard InChI is InChI=1S/C17H27N5O2/c1-12(2)14(15-20-19-13-4-3-7-22(13)15)18-16(23)21-8-5-17(10-21)6-9-24-11-17/h12,14H,3-11H2,1-2H3,(H,18,23)/t14-,17-/m0/s1. The smallest absolute Gasteiger partial charge is 0.318 e. The lowest BCUT2D eigenvalue weighted by molar-refractivity contribution is 0.151. The number of urea groups is 1. The van der Waals surface area contributed by atoms with Crippen molar-refractivity contribution in [2.75, 3.05) is 26.3 Å². The van der Waals surface area contributed by atoms with Crippen LogP contribution in [0.4, 0.5) is 4.79 Å². The minimum absolute atomic E-state index is 0.0211. The number of aromatic nitrogens is 3. The minimum Gasteiger partial charge on any atom is -0.381 e. The zero-order valence-electron chi connectivity index (χ0n) is 14.6. The molecule has 4 heterocycles. The van der Waals surface area contributed by atoms with Crippen LogP contribution in [0, 0.1) is 11.3 Å². The molecular formula is C17H27N5O2. The average molecular weight is 333 g/mol. The molecule has 7 nitrogen and oxygen atoms in total. The first-order valence-electron chi connectivity index (χ1n) is 9.13. The molecule has 3 aliphatic rings. The van der Waals surface area contributed by atoms with Gasteiger partial charge in [-0.25, -0.2) is 4.79 Å². The molecule has 24 heavy (non-hydrogen) atoms. The average Bonchev–Trinajstić information content (AvgIpc) is 3.31. The summed E-state index contributed by atoms with van der Waals surface area (Å²) in [6.45, 7) is 8.45. The molecule has 1 aromatic heterocycles. The van der Waals surface area contributed by atoms with Gasteiger partial charge in [0, 0.05) is 38.1 Å². The van der Waals surface area contributed by atoms with Crippen LogP contribution in [0.25, 0.3) is 0 Å². The summed E-state index contributed by atoms with van der Waals surface area (Å²) in [5.41, 5.74) is 0.195. The fourth-order valence-corrected chi connectivity index (χ4v) is 4.24. The van der Waals surface area contributed by atoms with E-state index in [0.29, 0.717) is 0 Å². The molecule has 0 unspecified atom stereocenters. The Morgan fingerprint density at radius 2 is 2.17 bits per heavy atom.